The third-order valence-corrected chi connectivity index (χ3v) is 8.62. The quantitative estimate of drug-likeness (QED) is 0.0629. The molecule has 5 nitrogen and oxygen atoms in total. The maximum absolute atomic E-state index is 13.8. The summed E-state index contributed by atoms with van der Waals surface area (Å²) in [5.74, 6) is 0.00587. The van der Waals surface area contributed by atoms with Crippen molar-refractivity contribution in [3.8, 4) is 0 Å². The van der Waals surface area contributed by atoms with Gasteiger partial charge in [-0.05, 0) is 31.3 Å². The first-order valence-electron chi connectivity index (χ1n) is 15.8. The van der Waals surface area contributed by atoms with Crippen molar-refractivity contribution in [1.29, 1.82) is 0 Å². The SMILES string of the molecule is NCCNCCCCCCCCCCCCCCCCCCC(=O)N1CCN(SC(F)C(F)C(F)C(F)(F)F)CC1. The van der Waals surface area contributed by atoms with Gasteiger partial charge in [0.1, 0.15) is 0 Å². The standard InChI is InChI=1S/C29H54F6N4OS/c30-26(27(31)29(33,34)35)28(32)41-39-23-21-38(22-24-39)25(40)17-15-13-11-9-7-5-3-1-2-4-6-8-10-12-14-16-19-37-20-18-36/h26-28,37H,1-24,36H2. The van der Waals surface area contributed by atoms with Gasteiger partial charge in [0.2, 0.25) is 12.1 Å². The molecule has 0 bridgehead atoms. The molecule has 0 spiro atoms. The average molecular weight is 621 g/mol. The molecular weight excluding hydrogens is 566 g/mol. The number of nitrogens with two attached hydrogens (primary N) is 1. The third-order valence-electron chi connectivity index (χ3n) is 7.50. The lowest BCUT2D eigenvalue weighted by molar-refractivity contribution is -0.199. The molecule has 0 radical (unpaired) electrons. The summed E-state index contributed by atoms with van der Waals surface area (Å²) in [5.41, 5.74) is 2.80. The number of piperazine rings is 1. The van der Waals surface area contributed by atoms with Gasteiger partial charge in [0.15, 0.2) is 11.7 Å². The number of carbonyl (C=O) groups excluding carboxylic acids is 1. The molecule has 3 atom stereocenters. The van der Waals surface area contributed by atoms with Gasteiger partial charge < -0.3 is 16.0 Å². The normalized spacial score (nSPS) is 17.1. The molecule has 1 heterocycles. The zero-order valence-electron chi connectivity index (χ0n) is 24.8. The highest BCUT2D eigenvalue weighted by molar-refractivity contribution is 7.97. The molecule has 1 rings (SSSR count). The number of amides is 1. The van der Waals surface area contributed by atoms with Gasteiger partial charge in [-0.2, -0.15) is 13.2 Å². The van der Waals surface area contributed by atoms with Crippen molar-refractivity contribution in [3.63, 3.8) is 0 Å². The van der Waals surface area contributed by atoms with Gasteiger partial charge in [0, 0.05) is 45.7 Å². The second kappa shape index (κ2) is 23.7. The van der Waals surface area contributed by atoms with Crippen LogP contribution in [-0.4, -0.2) is 84.9 Å². The molecule has 1 saturated heterocycles. The predicted molar refractivity (Wildman–Crippen MR) is 157 cm³/mol. The molecule has 1 amide bonds. The van der Waals surface area contributed by atoms with Crippen LogP contribution < -0.4 is 11.1 Å². The van der Waals surface area contributed by atoms with Crippen LogP contribution in [0.3, 0.4) is 0 Å². The molecule has 3 unspecified atom stereocenters. The molecule has 244 valence electrons. The van der Waals surface area contributed by atoms with Crippen molar-refractivity contribution >= 4 is 17.9 Å². The zero-order chi connectivity index (χ0) is 30.3. The van der Waals surface area contributed by atoms with Crippen LogP contribution in [0.25, 0.3) is 0 Å². The number of nitrogens with zero attached hydrogens (tertiary/aromatic N) is 2. The van der Waals surface area contributed by atoms with E-state index in [-0.39, 0.29) is 30.9 Å². The first-order valence-corrected chi connectivity index (χ1v) is 16.6. The van der Waals surface area contributed by atoms with Crippen LogP contribution in [0.1, 0.15) is 109 Å². The number of hydrogen-bond acceptors (Lipinski definition) is 5. The van der Waals surface area contributed by atoms with Crippen LogP contribution in [0.5, 0.6) is 0 Å². The fourth-order valence-electron chi connectivity index (χ4n) is 4.94. The van der Waals surface area contributed by atoms with E-state index in [1.54, 1.807) is 4.90 Å². The highest BCUT2D eigenvalue weighted by Crippen LogP contribution is 2.34. The Bertz CT molecular complexity index is 641. The van der Waals surface area contributed by atoms with E-state index in [0.717, 1.165) is 32.4 Å². The van der Waals surface area contributed by atoms with E-state index < -0.39 is 24.0 Å². The van der Waals surface area contributed by atoms with Gasteiger partial charge in [-0.1, -0.05) is 89.9 Å². The van der Waals surface area contributed by atoms with Crippen LogP contribution in [0.4, 0.5) is 26.3 Å². The summed E-state index contributed by atoms with van der Waals surface area (Å²) in [4.78, 5) is 14.1. The van der Waals surface area contributed by atoms with E-state index in [2.05, 4.69) is 5.32 Å². The Balaban J connectivity index is 1.90. The highest BCUT2D eigenvalue weighted by atomic mass is 32.2. The zero-order valence-corrected chi connectivity index (χ0v) is 25.6. The van der Waals surface area contributed by atoms with E-state index in [0.29, 0.717) is 26.1 Å². The fraction of sp³-hybridized carbons (Fsp3) is 0.966. The lowest BCUT2D eigenvalue weighted by atomic mass is 10.0. The summed E-state index contributed by atoms with van der Waals surface area (Å²) in [6.45, 7) is 3.69. The minimum atomic E-state index is -5.43. The van der Waals surface area contributed by atoms with Gasteiger partial charge in [-0.15, -0.1) is 0 Å². The minimum absolute atomic E-state index is 0.00587. The van der Waals surface area contributed by atoms with Gasteiger partial charge in [-0.25, -0.2) is 17.5 Å². The minimum Gasteiger partial charge on any atom is -0.340 e. The largest absolute Gasteiger partial charge is 0.422 e. The Labute approximate surface area is 248 Å². The number of halogens is 6. The third kappa shape index (κ3) is 19.2. The fourth-order valence-corrected chi connectivity index (χ4v) is 5.86. The number of alkyl halides is 6. The van der Waals surface area contributed by atoms with Gasteiger partial charge >= 0.3 is 6.18 Å². The molecule has 3 N–H and O–H groups in total. The highest BCUT2D eigenvalue weighted by Gasteiger charge is 2.49. The Kier molecular flexibility index (Phi) is 22.1. The summed E-state index contributed by atoms with van der Waals surface area (Å²) in [6.07, 6.45) is 7.69. The van der Waals surface area contributed by atoms with Crippen LogP contribution in [0, 0.1) is 0 Å². The summed E-state index contributed by atoms with van der Waals surface area (Å²) in [7, 11) is 0. The molecule has 0 aromatic heterocycles. The molecular formula is C29H54F6N4OS. The lowest BCUT2D eigenvalue weighted by Gasteiger charge is -2.35. The van der Waals surface area contributed by atoms with E-state index in [4.69, 9.17) is 5.73 Å². The lowest BCUT2D eigenvalue weighted by Crippen LogP contribution is -2.47. The summed E-state index contributed by atoms with van der Waals surface area (Å²) >= 11 is 0.239. The van der Waals surface area contributed by atoms with Crippen LogP contribution in [-0.2, 0) is 4.79 Å². The summed E-state index contributed by atoms with van der Waals surface area (Å²) in [6, 6.07) is 0. The van der Waals surface area contributed by atoms with Gasteiger partial charge in [-0.3, -0.25) is 4.79 Å². The first kappa shape index (κ1) is 38.3. The molecule has 0 aromatic carbocycles. The average Bonchev–Trinajstić information content (AvgIpc) is 2.95. The Hall–Kier alpha value is -0.720. The molecule has 1 fully saturated rings. The molecule has 0 aromatic rings. The monoisotopic (exact) mass is 620 g/mol. The van der Waals surface area contributed by atoms with Crippen molar-refractivity contribution in [2.45, 2.75) is 133 Å². The van der Waals surface area contributed by atoms with E-state index in [1.165, 1.54) is 87.8 Å². The topological polar surface area (TPSA) is 61.6 Å². The second-order valence-electron chi connectivity index (χ2n) is 11.1. The molecule has 41 heavy (non-hydrogen) atoms. The number of nitrogens with one attached hydrogen (secondary N) is 1. The van der Waals surface area contributed by atoms with Crippen LogP contribution in [0.15, 0.2) is 0 Å². The van der Waals surface area contributed by atoms with Crippen molar-refractivity contribution in [3.05, 3.63) is 0 Å². The van der Waals surface area contributed by atoms with Gasteiger partial charge in [0.05, 0.1) is 0 Å². The van der Waals surface area contributed by atoms with Crippen molar-refractivity contribution in [1.82, 2.24) is 14.5 Å². The van der Waals surface area contributed by atoms with E-state index in [9.17, 15) is 31.1 Å². The number of hydrogen-bond donors (Lipinski definition) is 2. The van der Waals surface area contributed by atoms with Crippen molar-refractivity contribution in [2.75, 3.05) is 45.8 Å². The number of unbranched alkanes of at least 4 members (excludes halogenated alkanes) is 15. The molecule has 12 heteroatoms. The number of rotatable bonds is 25. The van der Waals surface area contributed by atoms with Crippen molar-refractivity contribution < 1.29 is 31.1 Å². The first-order chi connectivity index (χ1) is 19.7. The summed E-state index contributed by atoms with van der Waals surface area (Å²) < 4.78 is 78.4. The van der Waals surface area contributed by atoms with Crippen LogP contribution in [0.2, 0.25) is 0 Å². The summed E-state index contributed by atoms with van der Waals surface area (Å²) in [5, 5.41) is 3.33. The Morgan fingerprint density at radius 3 is 1.59 bits per heavy atom. The van der Waals surface area contributed by atoms with Crippen molar-refractivity contribution in [2.24, 2.45) is 5.73 Å². The predicted octanol–water partition coefficient (Wildman–Crippen LogP) is 7.49. The van der Waals surface area contributed by atoms with E-state index >= 15 is 0 Å². The van der Waals surface area contributed by atoms with E-state index in [1.807, 2.05) is 0 Å². The van der Waals surface area contributed by atoms with Crippen LogP contribution >= 0.6 is 11.9 Å². The maximum atomic E-state index is 13.8. The Morgan fingerprint density at radius 1 is 0.707 bits per heavy atom. The molecule has 0 saturated carbocycles. The van der Waals surface area contributed by atoms with Gasteiger partial charge in [0.25, 0.3) is 0 Å². The second-order valence-corrected chi connectivity index (χ2v) is 12.3. The molecule has 1 aliphatic heterocycles. The maximum Gasteiger partial charge on any atom is 0.422 e. The smallest absolute Gasteiger partial charge is 0.340 e. The number of carbonyl (C=O) groups is 1. The molecule has 0 aliphatic carbocycles. The Morgan fingerprint density at radius 2 is 1.15 bits per heavy atom. The molecule has 1 aliphatic rings.